The molecule has 0 atom stereocenters. The van der Waals surface area contributed by atoms with Gasteiger partial charge in [-0.3, -0.25) is 0 Å². The molecule has 0 aromatic heterocycles. The van der Waals surface area contributed by atoms with E-state index in [2.05, 4.69) is 20.8 Å². The molecule has 0 unspecified atom stereocenters. The molecule has 0 saturated carbocycles. The maximum absolute atomic E-state index is 8.78. The Hall–Kier alpha value is 0.210. The Morgan fingerprint density at radius 3 is 1.45 bits per heavy atom. The first-order valence-electron chi connectivity index (χ1n) is 4.20. The summed E-state index contributed by atoms with van der Waals surface area (Å²) in [6, 6.07) is 0. The standard InChI is InChI=1S/C8H20NO.ClH/c1-4-9(5-2,6-3)7-8-10;/h10H,4-8H2,1-3H3;1H/q+1;/p-1. The smallest absolute Gasteiger partial charge is 0.102 e. The quantitative estimate of drug-likeness (QED) is 0.480. The van der Waals surface area contributed by atoms with Crippen LogP contribution in [0.5, 0.6) is 0 Å². The molecule has 0 aromatic carbocycles. The molecule has 0 aliphatic heterocycles. The van der Waals surface area contributed by atoms with Gasteiger partial charge in [0.15, 0.2) is 0 Å². The van der Waals surface area contributed by atoms with Crippen molar-refractivity contribution in [1.29, 1.82) is 0 Å². The Balaban J connectivity index is 0. The third-order valence-electron chi connectivity index (χ3n) is 2.59. The average Bonchev–Trinajstić information content (AvgIpc) is 2.01. The largest absolute Gasteiger partial charge is 1.00 e. The van der Waals surface area contributed by atoms with Gasteiger partial charge in [-0.2, -0.15) is 0 Å². The van der Waals surface area contributed by atoms with Crippen molar-refractivity contribution in [3.05, 3.63) is 0 Å². The van der Waals surface area contributed by atoms with Gasteiger partial charge >= 0.3 is 0 Å². The lowest BCUT2D eigenvalue weighted by molar-refractivity contribution is -0.923. The summed E-state index contributed by atoms with van der Waals surface area (Å²) in [5.74, 6) is 0. The van der Waals surface area contributed by atoms with E-state index in [-0.39, 0.29) is 12.4 Å². The lowest BCUT2D eigenvalue weighted by atomic mass is 10.3. The second kappa shape index (κ2) is 6.89. The van der Waals surface area contributed by atoms with Crippen LogP contribution < -0.4 is 12.4 Å². The number of rotatable bonds is 5. The molecule has 0 fully saturated rings. The first-order valence-corrected chi connectivity index (χ1v) is 4.20. The summed E-state index contributed by atoms with van der Waals surface area (Å²) in [4.78, 5) is 0. The molecule has 1 N–H and O–H groups in total. The third kappa shape index (κ3) is 3.94. The van der Waals surface area contributed by atoms with Crippen molar-refractivity contribution in [3.63, 3.8) is 0 Å². The molecule has 0 aromatic rings. The third-order valence-corrected chi connectivity index (χ3v) is 2.59. The number of nitrogens with zero attached hydrogens (tertiary/aromatic N) is 1. The van der Waals surface area contributed by atoms with Gasteiger partial charge in [0.2, 0.25) is 0 Å². The van der Waals surface area contributed by atoms with E-state index >= 15 is 0 Å². The van der Waals surface area contributed by atoms with Crippen LogP contribution in [0.1, 0.15) is 20.8 Å². The monoisotopic (exact) mass is 181 g/mol. The van der Waals surface area contributed by atoms with Crippen LogP contribution in [0.3, 0.4) is 0 Å². The molecule has 0 saturated heterocycles. The predicted molar refractivity (Wildman–Crippen MR) is 43.8 cm³/mol. The molecule has 0 radical (unpaired) electrons. The minimum atomic E-state index is 0. The van der Waals surface area contributed by atoms with Gasteiger partial charge < -0.3 is 22.0 Å². The molecule has 0 aliphatic rings. The number of hydrogen-bond acceptors (Lipinski definition) is 1. The van der Waals surface area contributed by atoms with E-state index in [0.717, 1.165) is 30.7 Å². The summed E-state index contributed by atoms with van der Waals surface area (Å²) in [5, 5.41) is 8.78. The zero-order chi connectivity index (χ0) is 8.04. The van der Waals surface area contributed by atoms with E-state index in [1.54, 1.807) is 0 Å². The Labute approximate surface area is 76.2 Å². The van der Waals surface area contributed by atoms with E-state index in [0.29, 0.717) is 6.61 Å². The Kier molecular flexibility index (Phi) is 8.63. The van der Waals surface area contributed by atoms with Gasteiger partial charge in [0.05, 0.1) is 26.2 Å². The van der Waals surface area contributed by atoms with Crippen molar-refractivity contribution in [2.45, 2.75) is 20.8 Å². The van der Waals surface area contributed by atoms with Crippen LogP contribution in [-0.2, 0) is 0 Å². The molecule has 0 rings (SSSR count). The second-order valence-corrected chi connectivity index (χ2v) is 2.74. The number of aliphatic hydroxyl groups excluding tert-OH is 1. The SMILES string of the molecule is CC[N+](CC)(CC)CCO.[Cl-]. The molecule has 3 heteroatoms. The number of halogens is 1. The molecule has 11 heavy (non-hydrogen) atoms. The van der Waals surface area contributed by atoms with Crippen molar-refractivity contribution >= 4 is 0 Å². The van der Waals surface area contributed by atoms with Crippen molar-refractivity contribution < 1.29 is 22.0 Å². The fraction of sp³-hybridized carbons (Fsp3) is 1.00. The van der Waals surface area contributed by atoms with E-state index in [1.165, 1.54) is 0 Å². The number of aliphatic hydroxyl groups is 1. The fourth-order valence-corrected chi connectivity index (χ4v) is 1.36. The van der Waals surface area contributed by atoms with E-state index < -0.39 is 0 Å². The van der Waals surface area contributed by atoms with E-state index in [1.807, 2.05) is 0 Å². The molecule has 0 bridgehead atoms. The van der Waals surface area contributed by atoms with Crippen molar-refractivity contribution in [3.8, 4) is 0 Å². The van der Waals surface area contributed by atoms with E-state index in [4.69, 9.17) is 5.11 Å². The second-order valence-electron chi connectivity index (χ2n) is 2.74. The number of hydrogen-bond donors (Lipinski definition) is 1. The predicted octanol–water partition coefficient (Wildman–Crippen LogP) is -2.14. The Morgan fingerprint density at radius 2 is 1.36 bits per heavy atom. The van der Waals surface area contributed by atoms with Gasteiger partial charge in [-0.1, -0.05) is 0 Å². The summed E-state index contributed by atoms with van der Waals surface area (Å²) in [6.45, 7) is 11.2. The molecule has 0 amide bonds. The van der Waals surface area contributed by atoms with Gasteiger partial charge in [-0.05, 0) is 20.8 Å². The van der Waals surface area contributed by atoms with Gasteiger partial charge in [0, 0.05) is 0 Å². The van der Waals surface area contributed by atoms with Crippen LogP contribution in [-0.4, -0.2) is 42.4 Å². The van der Waals surface area contributed by atoms with Crippen molar-refractivity contribution in [1.82, 2.24) is 0 Å². The van der Waals surface area contributed by atoms with Crippen LogP contribution in [0.4, 0.5) is 0 Å². The zero-order valence-corrected chi connectivity index (χ0v) is 8.56. The average molecular weight is 182 g/mol. The summed E-state index contributed by atoms with van der Waals surface area (Å²) < 4.78 is 1.05. The van der Waals surface area contributed by atoms with Crippen LogP contribution in [0, 0.1) is 0 Å². The molecular formula is C8H20ClNO. The fourth-order valence-electron chi connectivity index (χ4n) is 1.36. The summed E-state index contributed by atoms with van der Waals surface area (Å²) in [5.41, 5.74) is 0. The molecular weight excluding hydrogens is 162 g/mol. The molecule has 0 aliphatic carbocycles. The van der Waals surface area contributed by atoms with Crippen LogP contribution in [0.2, 0.25) is 0 Å². The number of quaternary nitrogens is 1. The highest BCUT2D eigenvalue weighted by atomic mass is 35.5. The normalized spacial score (nSPS) is 10.9. The van der Waals surface area contributed by atoms with Gasteiger partial charge in [-0.15, -0.1) is 0 Å². The minimum absolute atomic E-state index is 0. The Bertz CT molecular complexity index is 75.9. The lowest BCUT2D eigenvalue weighted by Gasteiger charge is -2.34. The molecule has 0 heterocycles. The van der Waals surface area contributed by atoms with Gasteiger partial charge in [-0.25, -0.2) is 0 Å². The molecule has 0 spiro atoms. The molecule has 2 nitrogen and oxygen atoms in total. The summed E-state index contributed by atoms with van der Waals surface area (Å²) in [6.07, 6.45) is 0. The maximum Gasteiger partial charge on any atom is 0.102 e. The van der Waals surface area contributed by atoms with E-state index in [9.17, 15) is 0 Å². The Morgan fingerprint density at radius 1 is 1.00 bits per heavy atom. The highest BCUT2D eigenvalue weighted by Crippen LogP contribution is 2.03. The van der Waals surface area contributed by atoms with Crippen molar-refractivity contribution in [2.75, 3.05) is 32.8 Å². The van der Waals surface area contributed by atoms with Gasteiger partial charge in [0.1, 0.15) is 6.54 Å². The topological polar surface area (TPSA) is 20.2 Å². The lowest BCUT2D eigenvalue weighted by Crippen LogP contribution is -3.00. The first kappa shape index (κ1) is 13.8. The van der Waals surface area contributed by atoms with Gasteiger partial charge in [0.25, 0.3) is 0 Å². The van der Waals surface area contributed by atoms with Crippen LogP contribution in [0.15, 0.2) is 0 Å². The maximum atomic E-state index is 8.78. The first-order chi connectivity index (χ1) is 4.74. The zero-order valence-electron chi connectivity index (χ0n) is 7.81. The molecule has 70 valence electrons. The van der Waals surface area contributed by atoms with Crippen LogP contribution in [0.25, 0.3) is 0 Å². The number of likely N-dealkylation sites (N-methyl/N-ethyl adjacent to an activating group) is 1. The van der Waals surface area contributed by atoms with Crippen LogP contribution >= 0.6 is 0 Å². The highest BCUT2D eigenvalue weighted by Gasteiger charge is 2.18. The summed E-state index contributed by atoms with van der Waals surface area (Å²) in [7, 11) is 0. The summed E-state index contributed by atoms with van der Waals surface area (Å²) >= 11 is 0. The minimum Gasteiger partial charge on any atom is -1.00 e. The van der Waals surface area contributed by atoms with Crippen molar-refractivity contribution in [2.24, 2.45) is 0 Å². The highest BCUT2D eigenvalue weighted by molar-refractivity contribution is 4.35.